The van der Waals surface area contributed by atoms with E-state index in [1.54, 1.807) is 42.5 Å². The van der Waals surface area contributed by atoms with Gasteiger partial charge >= 0.3 is 5.97 Å². The van der Waals surface area contributed by atoms with E-state index in [1.165, 1.54) is 5.56 Å². The van der Waals surface area contributed by atoms with Gasteiger partial charge in [0.15, 0.2) is 12.7 Å². The molecule has 1 amide bonds. The number of carbonyl (C=O) groups is 2. The molecule has 0 saturated carbocycles. The van der Waals surface area contributed by atoms with Crippen molar-refractivity contribution < 1.29 is 19.4 Å². The number of esters is 1. The van der Waals surface area contributed by atoms with E-state index in [2.05, 4.69) is 5.32 Å². The maximum Gasteiger partial charge on any atom is 0.340 e. The zero-order chi connectivity index (χ0) is 16.7. The first-order valence-corrected chi connectivity index (χ1v) is 7.38. The Morgan fingerprint density at radius 2 is 1.74 bits per heavy atom. The molecule has 2 aromatic rings. The zero-order valence-electron chi connectivity index (χ0n) is 12.9. The van der Waals surface area contributed by atoms with Gasteiger partial charge in [-0.05, 0) is 29.7 Å². The normalized spacial score (nSPS) is 11.6. The number of aliphatic hydroxyl groups excluding tert-OH is 1. The van der Waals surface area contributed by atoms with Gasteiger partial charge in [0.1, 0.15) is 0 Å². The summed E-state index contributed by atoms with van der Waals surface area (Å²) in [5, 5.41) is 12.5. The number of hydrogen-bond donors (Lipinski definition) is 2. The lowest BCUT2D eigenvalue weighted by atomic mass is 10.1. The lowest BCUT2D eigenvalue weighted by molar-refractivity contribution is -0.156. The number of carbonyl (C=O) groups excluding carboxylic acids is 2. The maximum atomic E-state index is 11.8. The first-order chi connectivity index (χ1) is 11.1. The quantitative estimate of drug-likeness (QED) is 0.803. The number of aryl methyl sites for hydroxylation is 1. The molecule has 120 valence electrons. The largest absolute Gasteiger partial charge is 0.453 e. The molecular formula is C18H19NO4. The monoisotopic (exact) mass is 313 g/mol. The van der Waals surface area contributed by atoms with Crippen molar-refractivity contribution in [1.29, 1.82) is 0 Å². The summed E-state index contributed by atoms with van der Waals surface area (Å²) in [6, 6.07) is 15.8. The second-order valence-corrected chi connectivity index (χ2v) is 5.02. The minimum atomic E-state index is -1.40. The van der Waals surface area contributed by atoms with Gasteiger partial charge in [-0.3, -0.25) is 4.79 Å². The average Bonchev–Trinajstić information content (AvgIpc) is 2.60. The zero-order valence-corrected chi connectivity index (χ0v) is 12.9. The highest BCUT2D eigenvalue weighted by atomic mass is 16.5. The molecule has 0 aliphatic heterocycles. The van der Waals surface area contributed by atoms with Gasteiger partial charge in [0.25, 0.3) is 5.91 Å². The Labute approximate surface area is 134 Å². The number of benzene rings is 2. The van der Waals surface area contributed by atoms with Crippen LogP contribution in [0.1, 0.15) is 24.2 Å². The first-order valence-electron chi connectivity index (χ1n) is 7.38. The van der Waals surface area contributed by atoms with Crippen molar-refractivity contribution in [3.8, 4) is 0 Å². The van der Waals surface area contributed by atoms with Crippen LogP contribution in [0.15, 0.2) is 54.6 Å². The van der Waals surface area contributed by atoms with Gasteiger partial charge in [-0.15, -0.1) is 0 Å². The second-order valence-electron chi connectivity index (χ2n) is 5.02. The fraction of sp³-hybridized carbons (Fsp3) is 0.222. The fourth-order valence-corrected chi connectivity index (χ4v) is 2.01. The highest BCUT2D eigenvalue weighted by molar-refractivity contribution is 5.93. The predicted octanol–water partition coefficient (Wildman–Crippen LogP) is 2.46. The number of hydrogen-bond acceptors (Lipinski definition) is 4. The summed E-state index contributed by atoms with van der Waals surface area (Å²) in [6.07, 6.45) is -0.476. The molecule has 1 atom stereocenters. The van der Waals surface area contributed by atoms with Crippen LogP contribution in [0.3, 0.4) is 0 Å². The summed E-state index contributed by atoms with van der Waals surface area (Å²) in [6.45, 7) is 1.60. The fourth-order valence-electron chi connectivity index (χ4n) is 2.01. The van der Waals surface area contributed by atoms with Crippen LogP contribution in [-0.4, -0.2) is 23.6 Å². The molecule has 0 heterocycles. The SMILES string of the molecule is CCc1ccc(NC(=O)COC(=O)[C@@H](O)c2ccccc2)cc1. The van der Waals surface area contributed by atoms with E-state index >= 15 is 0 Å². The van der Waals surface area contributed by atoms with Crippen molar-refractivity contribution >= 4 is 17.6 Å². The molecule has 0 unspecified atom stereocenters. The third-order valence-corrected chi connectivity index (χ3v) is 3.33. The van der Waals surface area contributed by atoms with E-state index in [0.29, 0.717) is 11.3 Å². The van der Waals surface area contributed by atoms with Crippen LogP contribution in [0.4, 0.5) is 5.69 Å². The molecule has 0 radical (unpaired) electrons. The topological polar surface area (TPSA) is 75.6 Å². The second kappa shape index (κ2) is 8.10. The molecule has 2 rings (SSSR count). The Bertz CT molecular complexity index is 652. The smallest absolute Gasteiger partial charge is 0.340 e. The lowest BCUT2D eigenvalue weighted by Gasteiger charge is -2.11. The molecule has 5 heteroatoms. The average molecular weight is 313 g/mol. The Balaban J connectivity index is 1.82. The van der Waals surface area contributed by atoms with Gasteiger partial charge in [0.2, 0.25) is 0 Å². The summed E-state index contributed by atoms with van der Waals surface area (Å²) < 4.78 is 4.84. The van der Waals surface area contributed by atoms with Crippen molar-refractivity contribution in [2.24, 2.45) is 0 Å². The van der Waals surface area contributed by atoms with Crippen LogP contribution in [-0.2, 0) is 20.7 Å². The number of nitrogens with one attached hydrogen (secondary N) is 1. The molecule has 2 N–H and O–H groups in total. The standard InChI is InChI=1S/C18H19NO4/c1-2-13-8-10-15(11-9-13)19-16(20)12-23-18(22)17(21)14-6-4-3-5-7-14/h3-11,17,21H,2,12H2,1H3,(H,19,20)/t17-/m0/s1. The van der Waals surface area contributed by atoms with E-state index in [0.717, 1.165) is 6.42 Å². The van der Waals surface area contributed by atoms with Gasteiger partial charge in [0, 0.05) is 5.69 Å². The number of rotatable bonds is 6. The third kappa shape index (κ3) is 4.93. The van der Waals surface area contributed by atoms with Gasteiger partial charge in [-0.1, -0.05) is 49.4 Å². The summed E-state index contributed by atoms with van der Waals surface area (Å²) in [7, 11) is 0. The van der Waals surface area contributed by atoms with Gasteiger partial charge in [-0.2, -0.15) is 0 Å². The molecule has 0 bridgehead atoms. The van der Waals surface area contributed by atoms with Crippen LogP contribution >= 0.6 is 0 Å². The van der Waals surface area contributed by atoms with Gasteiger partial charge in [0.05, 0.1) is 0 Å². The van der Waals surface area contributed by atoms with Crippen LogP contribution in [0.2, 0.25) is 0 Å². The van der Waals surface area contributed by atoms with Crippen molar-refractivity contribution in [2.75, 3.05) is 11.9 Å². The van der Waals surface area contributed by atoms with E-state index < -0.39 is 24.6 Å². The minimum Gasteiger partial charge on any atom is -0.453 e. The van der Waals surface area contributed by atoms with Gasteiger partial charge in [-0.25, -0.2) is 4.79 Å². The van der Waals surface area contributed by atoms with Crippen molar-refractivity contribution in [2.45, 2.75) is 19.4 Å². The number of ether oxygens (including phenoxy) is 1. The van der Waals surface area contributed by atoms with Crippen LogP contribution in [0, 0.1) is 0 Å². The van der Waals surface area contributed by atoms with Crippen LogP contribution in [0.25, 0.3) is 0 Å². The predicted molar refractivity (Wildman–Crippen MR) is 86.8 cm³/mol. The minimum absolute atomic E-state index is 0.424. The van der Waals surface area contributed by atoms with Gasteiger partial charge < -0.3 is 15.2 Å². The molecule has 23 heavy (non-hydrogen) atoms. The Morgan fingerprint density at radius 1 is 1.09 bits per heavy atom. The highest BCUT2D eigenvalue weighted by Crippen LogP contribution is 2.14. The molecular weight excluding hydrogens is 294 g/mol. The van der Waals surface area contributed by atoms with E-state index in [-0.39, 0.29) is 0 Å². The van der Waals surface area contributed by atoms with Crippen molar-refractivity contribution in [3.63, 3.8) is 0 Å². The molecule has 0 fully saturated rings. The molecule has 5 nitrogen and oxygen atoms in total. The number of anilines is 1. The lowest BCUT2D eigenvalue weighted by Crippen LogP contribution is -2.23. The van der Waals surface area contributed by atoms with Crippen molar-refractivity contribution in [3.05, 3.63) is 65.7 Å². The maximum absolute atomic E-state index is 11.8. The highest BCUT2D eigenvalue weighted by Gasteiger charge is 2.19. The molecule has 0 saturated heterocycles. The third-order valence-electron chi connectivity index (χ3n) is 3.33. The Hall–Kier alpha value is -2.66. The molecule has 0 aromatic heterocycles. The first kappa shape index (κ1) is 16.7. The molecule has 0 aliphatic carbocycles. The Morgan fingerprint density at radius 3 is 2.35 bits per heavy atom. The van der Waals surface area contributed by atoms with E-state index in [4.69, 9.17) is 4.74 Å². The molecule has 2 aromatic carbocycles. The molecule has 0 aliphatic rings. The summed E-state index contributed by atoms with van der Waals surface area (Å²) in [4.78, 5) is 23.5. The Kier molecular flexibility index (Phi) is 5.88. The van der Waals surface area contributed by atoms with Crippen LogP contribution < -0.4 is 5.32 Å². The van der Waals surface area contributed by atoms with E-state index in [1.807, 2.05) is 19.1 Å². The van der Waals surface area contributed by atoms with Crippen LogP contribution in [0.5, 0.6) is 0 Å². The number of aliphatic hydroxyl groups is 1. The van der Waals surface area contributed by atoms with Crippen molar-refractivity contribution in [1.82, 2.24) is 0 Å². The summed E-state index contributed by atoms with van der Waals surface area (Å²) in [5.74, 6) is -1.31. The van der Waals surface area contributed by atoms with E-state index in [9.17, 15) is 14.7 Å². The summed E-state index contributed by atoms with van der Waals surface area (Å²) >= 11 is 0. The molecule has 0 spiro atoms. The summed E-state index contributed by atoms with van der Waals surface area (Å²) in [5.41, 5.74) is 2.22. The number of amides is 1.